The zero-order chi connectivity index (χ0) is 10.4. The molecule has 0 unspecified atom stereocenters. The molecule has 0 aromatic carbocycles. The summed E-state index contributed by atoms with van der Waals surface area (Å²) in [7, 11) is 3.33. The second-order valence-corrected chi connectivity index (χ2v) is 3.92. The van der Waals surface area contributed by atoms with E-state index in [0.29, 0.717) is 6.54 Å². The van der Waals surface area contributed by atoms with Crippen LogP contribution in [0.5, 0.6) is 0 Å². The monoisotopic (exact) mass is 203 g/mol. The maximum Gasteiger partial charge on any atom is 0.157 e. The molecule has 0 aromatic rings. The summed E-state index contributed by atoms with van der Waals surface area (Å²) in [6.07, 6.45) is 2.73. The summed E-state index contributed by atoms with van der Waals surface area (Å²) in [5.41, 5.74) is 5.98. The number of nitrogens with two attached hydrogens (primary N) is 1. The van der Waals surface area contributed by atoms with Crippen LogP contribution in [0, 0.1) is 5.41 Å². The Morgan fingerprint density at radius 3 is 2.29 bits per heavy atom. The lowest BCUT2D eigenvalue weighted by atomic mass is 9.77. The fourth-order valence-corrected chi connectivity index (χ4v) is 1.91. The molecule has 0 radical (unpaired) electrons. The van der Waals surface area contributed by atoms with Gasteiger partial charge in [0.1, 0.15) is 0 Å². The first kappa shape index (κ1) is 11.9. The smallest absolute Gasteiger partial charge is 0.157 e. The molecule has 14 heavy (non-hydrogen) atoms. The Morgan fingerprint density at radius 1 is 1.29 bits per heavy atom. The predicted molar refractivity (Wildman–Crippen MR) is 54.0 cm³/mol. The van der Waals surface area contributed by atoms with Crippen molar-refractivity contribution in [3.63, 3.8) is 0 Å². The molecule has 0 spiro atoms. The van der Waals surface area contributed by atoms with Crippen LogP contribution in [0.4, 0.5) is 0 Å². The molecule has 1 fully saturated rings. The van der Waals surface area contributed by atoms with Crippen LogP contribution < -0.4 is 5.73 Å². The van der Waals surface area contributed by atoms with Crippen LogP contribution >= 0.6 is 0 Å². The molecule has 0 aromatic heterocycles. The number of rotatable bonds is 5. The predicted octanol–water partition coefficient (Wildman–Crippen LogP) is 0.751. The van der Waals surface area contributed by atoms with E-state index in [1.54, 1.807) is 14.2 Å². The van der Waals surface area contributed by atoms with Crippen molar-refractivity contribution < 1.29 is 14.2 Å². The Bertz CT molecular complexity index is 153. The second-order valence-electron chi connectivity index (χ2n) is 3.92. The molecule has 0 bridgehead atoms. The van der Waals surface area contributed by atoms with Crippen molar-refractivity contribution in [2.24, 2.45) is 11.1 Å². The normalized spacial score (nSPS) is 21.4. The minimum Gasteiger partial charge on any atom is -0.381 e. The number of hydrogen-bond donors (Lipinski definition) is 1. The van der Waals surface area contributed by atoms with Gasteiger partial charge < -0.3 is 19.9 Å². The molecular formula is C10H21NO3. The lowest BCUT2D eigenvalue weighted by molar-refractivity contribution is -0.136. The van der Waals surface area contributed by atoms with Crippen molar-refractivity contribution in [2.45, 2.75) is 25.6 Å². The van der Waals surface area contributed by atoms with Crippen LogP contribution in [0.3, 0.4) is 0 Å². The molecule has 4 heteroatoms. The van der Waals surface area contributed by atoms with Gasteiger partial charge in [-0.25, -0.2) is 0 Å². The third kappa shape index (κ3) is 2.92. The van der Waals surface area contributed by atoms with E-state index < -0.39 is 0 Å². The molecule has 1 heterocycles. The van der Waals surface area contributed by atoms with Gasteiger partial charge in [-0.05, 0) is 24.8 Å². The van der Waals surface area contributed by atoms with E-state index in [1.165, 1.54) is 0 Å². The van der Waals surface area contributed by atoms with Gasteiger partial charge in [0.25, 0.3) is 0 Å². The average molecular weight is 203 g/mol. The van der Waals surface area contributed by atoms with Crippen molar-refractivity contribution >= 4 is 0 Å². The van der Waals surface area contributed by atoms with E-state index in [9.17, 15) is 0 Å². The third-order valence-electron chi connectivity index (χ3n) is 3.11. The summed E-state index contributed by atoms with van der Waals surface area (Å²) in [5.74, 6) is 0. The number of methoxy groups -OCH3 is 2. The van der Waals surface area contributed by atoms with E-state index in [4.69, 9.17) is 19.9 Å². The Balaban J connectivity index is 2.50. The minimum atomic E-state index is -0.142. The summed E-state index contributed by atoms with van der Waals surface area (Å²) < 4.78 is 15.8. The van der Waals surface area contributed by atoms with Crippen molar-refractivity contribution in [1.82, 2.24) is 0 Å². The van der Waals surface area contributed by atoms with Crippen LogP contribution in [0.15, 0.2) is 0 Å². The first-order valence-corrected chi connectivity index (χ1v) is 5.10. The SMILES string of the molecule is COC(CC1(CN)CCOCC1)OC. The van der Waals surface area contributed by atoms with Crippen molar-refractivity contribution in [3.8, 4) is 0 Å². The van der Waals surface area contributed by atoms with E-state index in [2.05, 4.69) is 0 Å². The number of ether oxygens (including phenoxy) is 3. The van der Waals surface area contributed by atoms with Crippen LogP contribution in [0.25, 0.3) is 0 Å². The van der Waals surface area contributed by atoms with Gasteiger partial charge in [0, 0.05) is 33.9 Å². The lowest BCUT2D eigenvalue weighted by Gasteiger charge is -2.37. The molecule has 1 aliphatic heterocycles. The van der Waals surface area contributed by atoms with Gasteiger partial charge in [0.2, 0.25) is 0 Å². The van der Waals surface area contributed by atoms with Crippen molar-refractivity contribution in [2.75, 3.05) is 34.0 Å². The highest BCUT2D eigenvalue weighted by atomic mass is 16.7. The molecular weight excluding hydrogens is 182 g/mol. The van der Waals surface area contributed by atoms with Crippen LogP contribution in [-0.2, 0) is 14.2 Å². The summed E-state index contributed by atoms with van der Waals surface area (Å²) in [5, 5.41) is 0. The Kier molecular flexibility index (Phi) is 4.81. The molecule has 4 nitrogen and oxygen atoms in total. The topological polar surface area (TPSA) is 53.7 Å². The molecule has 1 rings (SSSR count). The fraction of sp³-hybridized carbons (Fsp3) is 1.00. The largest absolute Gasteiger partial charge is 0.381 e. The van der Waals surface area contributed by atoms with Crippen LogP contribution in [0.1, 0.15) is 19.3 Å². The van der Waals surface area contributed by atoms with Crippen molar-refractivity contribution in [1.29, 1.82) is 0 Å². The lowest BCUT2D eigenvalue weighted by Crippen LogP contribution is -2.40. The van der Waals surface area contributed by atoms with E-state index in [0.717, 1.165) is 32.5 Å². The molecule has 0 aliphatic carbocycles. The maximum atomic E-state index is 5.83. The molecule has 1 saturated heterocycles. The van der Waals surface area contributed by atoms with E-state index in [-0.39, 0.29) is 11.7 Å². The zero-order valence-electron chi connectivity index (χ0n) is 9.12. The van der Waals surface area contributed by atoms with Gasteiger partial charge in [-0.15, -0.1) is 0 Å². The minimum absolute atomic E-state index is 0.142. The molecule has 1 aliphatic rings. The summed E-state index contributed by atoms with van der Waals surface area (Å²) in [4.78, 5) is 0. The summed E-state index contributed by atoms with van der Waals surface area (Å²) in [6.45, 7) is 2.29. The Hall–Kier alpha value is -0.160. The molecule has 0 atom stereocenters. The Labute approximate surface area is 85.7 Å². The second kappa shape index (κ2) is 5.66. The van der Waals surface area contributed by atoms with Gasteiger partial charge in [0.05, 0.1) is 0 Å². The molecule has 0 amide bonds. The van der Waals surface area contributed by atoms with Gasteiger partial charge in [-0.3, -0.25) is 0 Å². The fourth-order valence-electron chi connectivity index (χ4n) is 1.91. The van der Waals surface area contributed by atoms with E-state index >= 15 is 0 Å². The maximum absolute atomic E-state index is 5.83. The molecule has 84 valence electrons. The standard InChI is InChI=1S/C10H21NO3/c1-12-9(13-2)7-10(8-11)3-5-14-6-4-10/h9H,3-8,11H2,1-2H3. The van der Waals surface area contributed by atoms with Gasteiger partial charge in [-0.2, -0.15) is 0 Å². The van der Waals surface area contributed by atoms with Gasteiger partial charge in [0.15, 0.2) is 6.29 Å². The van der Waals surface area contributed by atoms with Crippen molar-refractivity contribution in [3.05, 3.63) is 0 Å². The molecule has 2 N–H and O–H groups in total. The first-order valence-electron chi connectivity index (χ1n) is 5.10. The highest BCUT2D eigenvalue weighted by Gasteiger charge is 2.33. The third-order valence-corrected chi connectivity index (χ3v) is 3.11. The first-order chi connectivity index (χ1) is 6.76. The van der Waals surface area contributed by atoms with Crippen LogP contribution in [-0.4, -0.2) is 40.3 Å². The quantitative estimate of drug-likeness (QED) is 0.670. The number of hydrogen-bond acceptors (Lipinski definition) is 4. The average Bonchev–Trinajstić information content (AvgIpc) is 2.27. The Morgan fingerprint density at radius 2 is 1.86 bits per heavy atom. The van der Waals surface area contributed by atoms with E-state index in [1.807, 2.05) is 0 Å². The zero-order valence-corrected chi connectivity index (χ0v) is 9.12. The summed E-state index contributed by atoms with van der Waals surface area (Å²) >= 11 is 0. The molecule has 0 saturated carbocycles. The summed E-state index contributed by atoms with van der Waals surface area (Å²) in [6, 6.07) is 0. The highest BCUT2D eigenvalue weighted by molar-refractivity contribution is 4.83. The van der Waals surface area contributed by atoms with Gasteiger partial charge in [-0.1, -0.05) is 0 Å². The van der Waals surface area contributed by atoms with Gasteiger partial charge >= 0.3 is 0 Å². The van der Waals surface area contributed by atoms with Crippen LogP contribution in [0.2, 0.25) is 0 Å². The highest BCUT2D eigenvalue weighted by Crippen LogP contribution is 2.34.